The van der Waals surface area contributed by atoms with Crippen LogP contribution < -0.4 is 5.32 Å². The Bertz CT molecular complexity index is 501. The molecule has 0 radical (unpaired) electrons. The molecule has 0 spiro atoms. The van der Waals surface area contributed by atoms with E-state index in [2.05, 4.69) is 24.1 Å². The van der Waals surface area contributed by atoms with Crippen molar-refractivity contribution in [2.45, 2.75) is 51.6 Å². The van der Waals surface area contributed by atoms with E-state index in [9.17, 15) is 9.90 Å². The van der Waals surface area contributed by atoms with E-state index in [1.54, 1.807) is 0 Å². The van der Waals surface area contributed by atoms with Crippen molar-refractivity contribution in [1.82, 2.24) is 4.90 Å². The topological polar surface area (TPSA) is 52.6 Å². The molecule has 4 nitrogen and oxygen atoms in total. The number of aliphatic carboxylic acids is 1. The lowest BCUT2D eigenvalue weighted by Gasteiger charge is -2.31. The van der Waals surface area contributed by atoms with Gasteiger partial charge in [0.25, 0.3) is 0 Å². The van der Waals surface area contributed by atoms with Gasteiger partial charge in [-0.15, -0.1) is 0 Å². The summed E-state index contributed by atoms with van der Waals surface area (Å²) in [5.41, 5.74) is 1.19. The van der Waals surface area contributed by atoms with Crippen molar-refractivity contribution < 1.29 is 9.90 Å². The first kappa shape index (κ1) is 15.8. The molecule has 1 aliphatic rings. The Hall–Kier alpha value is -1.55. The zero-order valence-electron chi connectivity index (χ0n) is 13.2. The maximum Gasteiger partial charge on any atom is 0.329 e. The molecular formula is C17H26N2O2. The van der Waals surface area contributed by atoms with Crippen LogP contribution in [0.2, 0.25) is 0 Å². The molecule has 2 rings (SSSR count). The predicted molar refractivity (Wildman–Crippen MR) is 85.7 cm³/mol. The summed E-state index contributed by atoms with van der Waals surface area (Å²) in [6.07, 6.45) is 2.21. The third-order valence-electron chi connectivity index (χ3n) is 4.42. The lowest BCUT2D eigenvalue weighted by molar-refractivity contribution is -0.142. The Kier molecular flexibility index (Phi) is 4.88. The van der Waals surface area contributed by atoms with Gasteiger partial charge in [0.1, 0.15) is 5.54 Å². The number of rotatable bonds is 4. The number of carboxylic acid groups (broad SMARTS) is 1. The third-order valence-corrected chi connectivity index (χ3v) is 4.42. The second-order valence-corrected chi connectivity index (χ2v) is 6.37. The van der Waals surface area contributed by atoms with Crippen LogP contribution in [0.15, 0.2) is 24.3 Å². The molecular weight excluding hydrogens is 264 g/mol. The summed E-state index contributed by atoms with van der Waals surface area (Å²) in [7, 11) is 0. The number of carboxylic acids is 1. The molecule has 0 bridgehead atoms. The number of aryl methyl sites for hydroxylation is 1. The van der Waals surface area contributed by atoms with Crippen LogP contribution in [0.25, 0.3) is 0 Å². The van der Waals surface area contributed by atoms with Gasteiger partial charge in [-0.25, -0.2) is 4.79 Å². The Labute approximate surface area is 127 Å². The first-order chi connectivity index (χ1) is 9.93. The molecule has 2 N–H and O–H groups in total. The van der Waals surface area contributed by atoms with Crippen LogP contribution in [-0.4, -0.2) is 40.6 Å². The second-order valence-electron chi connectivity index (χ2n) is 6.37. The van der Waals surface area contributed by atoms with Crippen molar-refractivity contribution in [2.75, 3.05) is 18.4 Å². The minimum absolute atomic E-state index is 0.466. The van der Waals surface area contributed by atoms with Crippen molar-refractivity contribution in [2.24, 2.45) is 0 Å². The monoisotopic (exact) mass is 290 g/mol. The minimum atomic E-state index is -0.850. The number of hydrogen-bond donors (Lipinski definition) is 2. The molecule has 0 amide bonds. The third kappa shape index (κ3) is 3.76. The summed E-state index contributed by atoms with van der Waals surface area (Å²) < 4.78 is 0. The van der Waals surface area contributed by atoms with Crippen LogP contribution in [0.5, 0.6) is 0 Å². The molecule has 1 atom stereocenters. The van der Waals surface area contributed by atoms with Crippen molar-refractivity contribution in [3.8, 4) is 0 Å². The lowest BCUT2D eigenvalue weighted by Crippen LogP contribution is -2.47. The molecule has 0 aromatic heterocycles. The lowest BCUT2D eigenvalue weighted by atomic mass is 9.90. The van der Waals surface area contributed by atoms with Gasteiger partial charge in [-0.1, -0.05) is 12.1 Å². The van der Waals surface area contributed by atoms with Gasteiger partial charge in [-0.05, 0) is 64.3 Å². The average molecular weight is 290 g/mol. The number of carbonyl (C=O) groups is 1. The van der Waals surface area contributed by atoms with Gasteiger partial charge in [-0.2, -0.15) is 0 Å². The highest BCUT2D eigenvalue weighted by molar-refractivity contribution is 5.83. The molecule has 1 heterocycles. The standard InChI is InChI=1S/C17H26N2O2/c1-13(2)19-10-5-8-17(9-11-19,16(20)21)18-15-7-4-6-14(3)12-15/h4,6-7,12-13,18H,5,8-11H2,1-3H3,(H,20,21). The van der Waals surface area contributed by atoms with Crippen molar-refractivity contribution in [3.63, 3.8) is 0 Å². The molecule has 1 unspecified atom stereocenters. The van der Waals surface area contributed by atoms with Gasteiger partial charge in [0.2, 0.25) is 0 Å². The number of nitrogens with one attached hydrogen (secondary N) is 1. The first-order valence-corrected chi connectivity index (χ1v) is 7.75. The minimum Gasteiger partial charge on any atom is -0.480 e. The Balaban J connectivity index is 2.19. The predicted octanol–water partition coefficient (Wildman–Crippen LogP) is 3.12. The number of nitrogens with zero attached hydrogens (tertiary/aromatic N) is 1. The van der Waals surface area contributed by atoms with Gasteiger partial charge >= 0.3 is 5.97 Å². The molecule has 1 aliphatic heterocycles. The molecule has 1 aromatic carbocycles. The SMILES string of the molecule is Cc1cccc(NC2(C(=O)O)CCCN(C(C)C)CC2)c1. The van der Waals surface area contributed by atoms with Gasteiger partial charge in [0.15, 0.2) is 0 Å². The Morgan fingerprint density at radius 2 is 2.10 bits per heavy atom. The number of benzene rings is 1. The number of anilines is 1. The molecule has 1 aromatic rings. The summed E-state index contributed by atoms with van der Waals surface area (Å²) in [6, 6.07) is 8.41. The van der Waals surface area contributed by atoms with Crippen molar-refractivity contribution >= 4 is 11.7 Å². The molecule has 0 saturated carbocycles. The van der Waals surface area contributed by atoms with E-state index in [4.69, 9.17) is 0 Å². The summed E-state index contributed by atoms with van der Waals surface area (Å²) in [6.45, 7) is 8.15. The van der Waals surface area contributed by atoms with Gasteiger partial charge in [0.05, 0.1) is 0 Å². The van der Waals surface area contributed by atoms with E-state index in [1.807, 2.05) is 31.2 Å². The molecule has 1 saturated heterocycles. The first-order valence-electron chi connectivity index (χ1n) is 7.75. The molecule has 4 heteroatoms. The van der Waals surface area contributed by atoms with Crippen LogP contribution in [0.1, 0.15) is 38.7 Å². The number of hydrogen-bond acceptors (Lipinski definition) is 3. The largest absolute Gasteiger partial charge is 0.480 e. The van der Waals surface area contributed by atoms with E-state index in [0.29, 0.717) is 18.9 Å². The average Bonchev–Trinajstić information content (AvgIpc) is 2.62. The number of likely N-dealkylation sites (tertiary alicyclic amines) is 1. The summed E-state index contributed by atoms with van der Waals surface area (Å²) >= 11 is 0. The van der Waals surface area contributed by atoms with Gasteiger partial charge in [-0.3, -0.25) is 0 Å². The quantitative estimate of drug-likeness (QED) is 0.894. The summed E-state index contributed by atoms with van der Waals surface area (Å²) in [4.78, 5) is 14.3. The molecule has 116 valence electrons. The summed E-state index contributed by atoms with van der Waals surface area (Å²) in [5.74, 6) is -0.741. The Morgan fingerprint density at radius 1 is 1.33 bits per heavy atom. The zero-order valence-corrected chi connectivity index (χ0v) is 13.2. The molecule has 0 aliphatic carbocycles. The van der Waals surface area contributed by atoms with Gasteiger partial charge < -0.3 is 15.3 Å². The smallest absolute Gasteiger partial charge is 0.329 e. The fraction of sp³-hybridized carbons (Fsp3) is 0.588. The Morgan fingerprint density at radius 3 is 2.71 bits per heavy atom. The second kappa shape index (κ2) is 6.48. The zero-order chi connectivity index (χ0) is 15.5. The van der Waals surface area contributed by atoms with Crippen LogP contribution in [-0.2, 0) is 4.79 Å². The van der Waals surface area contributed by atoms with E-state index >= 15 is 0 Å². The van der Waals surface area contributed by atoms with Gasteiger partial charge in [0, 0.05) is 18.3 Å². The summed E-state index contributed by atoms with van der Waals surface area (Å²) in [5, 5.41) is 13.1. The maximum atomic E-state index is 11.9. The van der Waals surface area contributed by atoms with E-state index in [1.165, 1.54) is 0 Å². The van der Waals surface area contributed by atoms with E-state index in [-0.39, 0.29) is 0 Å². The van der Waals surface area contributed by atoms with E-state index < -0.39 is 11.5 Å². The van der Waals surface area contributed by atoms with Crippen LogP contribution in [0.3, 0.4) is 0 Å². The molecule has 21 heavy (non-hydrogen) atoms. The van der Waals surface area contributed by atoms with Crippen LogP contribution in [0.4, 0.5) is 5.69 Å². The van der Waals surface area contributed by atoms with Crippen molar-refractivity contribution in [3.05, 3.63) is 29.8 Å². The van der Waals surface area contributed by atoms with Crippen LogP contribution >= 0.6 is 0 Å². The van der Waals surface area contributed by atoms with Crippen molar-refractivity contribution in [1.29, 1.82) is 0 Å². The van der Waals surface area contributed by atoms with Crippen LogP contribution in [0, 0.1) is 6.92 Å². The molecule has 1 fully saturated rings. The highest BCUT2D eigenvalue weighted by Gasteiger charge is 2.40. The normalized spacial score (nSPS) is 23.8. The fourth-order valence-electron chi connectivity index (χ4n) is 3.06. The highest BCUT2D eigenvalue weighted by Crippen LogP contribution is 2.28. The highest BCUT2D eigenvalue weighted by atomic mass is 16.4. The maximum absolute atomic E-state index is 11.9. The van der Waals surface area contributed by atoms with E-state index in [0.717, 1.165) is 30.8 Å². The fourth-order valence-corrected chi connectivity index (χ4v) is 3.06.